The van der Waals surface area contributed by atoms with E-state index in [0.717, 1.165) is 24.0 Å². The van der Waals surface area contributed by atoms with Gasteiger partial charge in [0.2, 0.25) is 23.2 Å². The van der Waals surface area contributed by atoms with Gasteiger partial charge in [-0.2, -0.15) is 0 Å². The zero-order chi connectivity index (χ0) is 66.9. The first kappa shape index (κ1) is 72.7. The van der Waals surface area contributed by atoms with Crippen molar-refractivity contribution in [1.82, 2.24) is 30.2 Å². The Morgan fingerprint density at radius 1 is 0.714 bits per heavy atom. The lowest BCUT2D eigenvalue weighted by molar-refractivity contribution is -0.199. The van der Waals surface area contributed by atoms with Gasteiger partial charge in [-0.15, -0.1) is 0 Å². The number of carbonyl (C=O) groups is 4. The SMILES string of the molecule is CC(C)CB(O)O.[C-]#[N+]C(=CC(C)(C)N1CCC(F)(F)C1)C(=O)N1CCO[C@@H](CC(=O)N[C@@H](Cc2ccccc2)B(O)O)C1.[C-]#[N+]C(=CC(C)(C)N1CCC(F)(F)C1)C(=O)N1CCO[C@@H](CC(=O)N[C@@H](Cc2ccccc2)B2O[C@@H]3C[C@@H]4C[C@@H](C4(C)C)[C@]3(C)O2)C1. The van der Waals surface area contributed by atoms with E-state index in [0.29, 0.717) is 30.5 Å². The molecule has 3 saturated carbocycles. The summed E-state index contributed by atoms with van der Waals surface area (Å²) in [6.45, 7) is 33.3. The summed E-state index contributed by atoms with van der Waals surface area (Å²) in [7, 11) is -3.49. The average molecular weight is 1270 g/mol. The minimum atomic E-state index is -2.79. The fourth-order valence-corrected chi connectivity index (χ4v) is 13.6. The lowest BCUT2D eigenvalue weighted by Gasteiger charge is -2.64. The van der Waals surface area contributed by atoms with Gasteiger partial charge in [-0.1, -0.05) is 101 Å². The van der Waals surface area contributed by atoms with Crippen LogP contribution in [0.3, 0.4) is 0 Å². The molecule has 0 aromatic heterocycles. The topological polar surface area (TPSA) is 232 Å². The Labute approximate surface area is 534 Å². The lowest BCUT2D eigenvalue weighted by Crippen LogP contribution is -2.65. The molecule has 0 radical (unpaired) electrons. The second kappa shape index (κ2) is 30.6. The number of hydrogen-bond acceptors (Lipinski definition) is 14. The first-order valence-electron chi connectivity index (χ1n) is 31.6. The van der Waals surface area contributed by atoms with Crippen LogP contribution in [0.2, 0.25) is 6.32 Å². The monoisotopic (exact) mass is 1270 g/mol. The molecular weight excluding hydrogens is 1180 g/mol. The fourth-order valence-electron chi connectivity index (χ4n) is 13.6. The molecule has 4 amide bonds. The van der Waals surface area contributed by atoms with E-state index < -0.39 is 105 Å². The molecule has 496 valence electrons. The van der Waals surface area contributed by atoms with Gasteiger partial charge in [0.15, 0.2) is 0 Å². The third-order valence-electron chi connectivity index (χ3n) is 18.9. The predicted molar refractivity (Wildman–Crippen MR) is 336 cm³/mol. The molecule has 27 heteroatoms. The van der Waals surface area contributed by atoms with Gasteiger partial charge in [-0.05, 0) is 101 Å². The molecule has 10 rings (SSSR count). The van der Waals surface area contributed by atoms with E-state index >= 15 is 0 Å². The van der Waals surface area contributed by atoms with Gasteiger partial charge in [0, 0.05) is 63.2 Å². The first-order chi connectivity index (χ1) is 42.6. The minimum Gasteiger partial charge on any atom is -0.427 e. The summed E-state index contributed by atoms with van der Waals surface area (Å²) in [6, 6.07) is 19.0. The molecule has 5 aliphatic heterocycles. The molecule has 6 N–H and O–H groups in total. The van der Waals surface area contributed by atoms with E-state index in [9.17, 15) is 46.8 Å². The second-order valence-corrected chi connectivity index (χ2v) is 27.6. The van der Waals surface area contributed by atoms with E-state index in [1.54, 1.807) is 37.5 Å². The molecule has 8 fully saturated rings. The number of rotatable bonds is 20. The van der Waals surface area contributed by atoms with E-state index in [1.807, 2.05) is 74.5 Å². The van der Waals surface area contributed by atoms with Gasteiger partial charge in [-0.3, -0.25) is 29.0 Å². The van der Waals surface area contributed by atoms with E-state index in [1.165, 1.54) is 22.0 Å². The van der Waals surface area contributed by atoms with Crippen molar-refractivity contribution in [2.24, 2.45) is 23.2 Å². The van der Waals surface area contributed by atoms with Crippen LogP contribution in [-0.4, -0.2) is 209 Å². The molecular formula is C64H91B3F4N8O12. The summed E-state index contributed by atoms with van der Waals surface area (Å²) in [5.41, 5.74) is -0.436. The summed E-state index contributed by atoms with van der Waals surface area (Å²) in [6.07, 6.45) is 4.38. The summed E-state index contributed by atoms with van der Waals surface area (Å²) in [4.78, 5) is 65.7. The number of amides is 4. The zero-order valence-corrected chi connectivity index (χ0v) is 54.0. The Hall–Kier alpha value is -5.71. The van der Waals surface area contributed by atoms with Crippen molar-refractivity contribution in [2.75, 3.05) is 65.6 Å². The fraction of sp³-hybridized carbons (Fsp3) is 0.656. The van der Waals surface area contributed by atoms with Gasteiger partial charge in [0.25, 0.3) is 23.7 Å². The van der Waals surface area contributed by atoms with E-state index in [-0.39, 0.29) is 113 Å². The van der Waals surface area contributed by atoms with Crippen LogP contribution in [0.5, 0.6) is 0 Å². The molecule has 2 aromatic carbocycles. The number of alkyl halides is 4. The number of nitrogens with one attached hydrogen (secondary N) is 2. The largest absolute Gasteiger partial charge is 0.482 e. The van der Waals surface area contributed by atoms with Crippen LogP contribution in [0.15, 0.2) is 84.2 Å². The van der Waals surface area contributed by atoms with Crippen molar-refractivity contribution < 1.29 is 75.6 Å². The Bertz CT molecular complexity index is 2970. The highest BCUT2D eigenvalue weighted by atomic mass is 19.3. The standard InChI is InChI=1S/C35H47BF2N4O5.C25H33BF2N4O5.C4H11BO2/c1-32(2,42-13-12-35(37,38)22-42)20-26(39-6)31(44)41-14-15-45-25(21-41)19-30(43)40-29(16-23-10-8-7-9-11-23)36-46-28-18-24-17-27(33(24,3)4)34(28,5)47-36;1-24(2,32-10-9-25(27,28)17-32)15-20(29-3)23(34)31-11-12-37-19(16-31)14-22(33)30-21(26(35)36)13-18-7-5-4-6-8-18;1-4(2)3-5(6)7/h7-11,20,24-25,27-29H,12-19,21-22H2,1-5H3,(H,40,43);4-8,15,19,21,35-36H,9-14,16-17H2,1-2H3,(H,30,33);4,6-7H,3H2,1-2H3/t24-,25-,27-,28+,29-,34-;19-,21-;/m00./s1. The van der Waals surface area contributed by atoms with Crippen LogP contribution in [0.25, 0.3) is 9.69 Å². The number of halogens is 4. The lowest BCUT2D eigenvalue weighted by atomic mass is 9.43. The van der Waals surface area contributed by atoms with E-state index in [4.69, 9.17) is 42.0 Å². The molecule has 0 unspecified atom stereocenters. The summed E-state index contributed by atoms with van der Waals surface area (Å²) in [5, 5.41) is 41.8. The normalized spacial score (nSPS) is 26.1. The van der Waals surface area contributed by atoms with Crippen LogP contribution < -0.4 is 10.6 Å². The number of hydrogen-bond donors (Lipinski definition) is 6. The Morgan fingerprint density at radius 3 is 1.57 bits per heavy atom. The van der Waals surface area contributed by atoms with Crippen molar-refractivity contribution >= 4 is 45.0 Å². The molecule has 2 aromatic rings. The van der Waals surface area contributed by atoms with Crippen LogP contribution in [0.4, 0.5) is 17.6 Å². The van der Waals surface area contributed by atoms with Gasteiger partial charge < -0.3 is 59.3 Å². The smallest absolute Gasteiger partial charge is 0.427 e. The maximum absolute atomic E-state index is 13.9. The number of benzene rings is 2. The van der Waals surface area contributed by atoms with Crippen LogP contribution in [-0.2, 0) is 50.8 Å². The summed E-state index contributed by atoms with van der Waals surface area (Å²) in [5.74, 6) is -7.28. The number of nitrogens with zero attached hydrogens (tertiary/aromatic N) is 6. The molecule has 2 bridgehead atoms. The molecule has 5 saturated heterocycles. The number of likely N-dealkylation sites (tertiary alicyclic amines) is 2. The van der Waals surface area contributed by atoms with E-state index in [2.05, 4.69) is 41.1 Å². The second-order valence-electron chi connectivity index (χ2n) is 27.6. The van der Waals surface area contributed by atoms with Crippen molar-refractivity contribution in [1.29, 1.82) is 0 Å². The third-order valence-corrected chi connectivity index (χ3v) is 18.9. The predicted octanol–water partition coefficient (Wildman–Crippen LogP) is 5.90. The molecule has 3 aliphatic carbocycles. The molecule has 8 aliphatic rings. The maximum Gasteiger partial charge on any atom is 0.482 e. The summed E-state index contributed by atoms with van der Waals surface area (Å²) >= 11 is 0. The first-order valence-corrected chi connectivity index (χ1v) is 31.6. The highest BCUT2D eigenvalue weighted by Gasteiger charge is 2.68. The Balaban J connectivity index is 0.000000240. The average Bonchev–Trinajstić information content (AvgIpc) is 1.67. The molecule has 91 heavy (non-hydrogen) atoms. The number of carbonyl (C=O) groups excluding carboxylic acids is 4. The number of ether oxygens (including phenoxy) is 2. The highest BCUT2D eigenvalue weighted by molar-refractivity contribution is 6.48. The van der Waals surface area contributed by atoms with Gasteiger partial charge in [0.05, 0.1) is 88.1 Å². The molecule has 8 atom stereocenters. The van der Waals surface area contributed by atoms with Gasteiger partial charge in [0.1, 0.15) is 0 Å². The van der Waals surface area contributed by atoms with Crippen molar-refractivity contribution in [2.45, 2.75) is 179 Å². The minimum absolute atomic E-state index is 0.0164. The van der Waals surface area contributed by atoms with Crippen molar-refractivity contribution in [3.05, 3.63) is 118 Å². The van der Waals surface area contributed by atoms with Crippen molar-refractivity contribution in [3.8, 4) is 0 Å². The zero-order valence-electron chi connectivity index (χ0n) is 54.0. The Morgan fingerprint density at radius 2 is 1.18 bits per heavy atom. The van der Waals surface area contributed by atoms with Crippen LogP contribution >= 0.6 is 0 Å². The highest BCUT2D eigenvalue weighted by Crippen LogP contribution is 2.66. The molecule has 0 spiro atoms. The molecule has 20 nitrogen and oxygen atoms in total. The Kier molecular flexibility index (Phi) is 24.4. The number of morpholine rings is 2. The molecule has 5 heterocycles. The van der Waals surface area contributed by atoms with Gasteiger partial charge >= 0.3 is 21.4 Å². The van der Waals surface area contributed by atoms with Crippen LogP contribution in [0.1, 0.15) is 112 Å². The van der Waals surface area contributed by atoms with Gasteiger partial charge in [-0.25, -0.2) is 27.3 Å². The van der Waals surface area contributed by atoms with Crippen molar-refractivity contribution in [3.63, 3.8) is 0 Å². The summed E-state index contributed by atoms with van der Waals surface area (Å²) < 4.78 is 80.0. The quantitative estimate of drug-likeness (QED) is 0.0393. The van der Waals surface area contributed by atoms with Crippen LogP contribution in [0, 0.1) is 36.3 Å². The third kappa shape index (κ3) is 19.5. The maximum atomic E-state index is 13.9.